The maximum atomic E-state index is 6.39. The molecule has 0 spiro atoms. The molecular formula is C24H53N3. The molecule has 0 aliphatic heterocycles. The molecule has 0 bridgehead atoms. The van der Waals surface area contributed by atoms with Crippen LogP contribution in [0.25, 0.3) is 0 Å². The minimum absolute atomic E-state index is 0.142. The van der Waals surface area contributed by atoms with Gasteiger partial charge in [-0.3, -0.25) is 0 Å². The summed E-state index contributed by atoms with van der Waals surface area (Å²) in [5, 5.41) is 0. The van der Waals surface area contributed by atoms with E-state index in [4.69, 9.17) is 17.2 Å². The molecule has 2 atom stereocenters. The molecule has 0 fully saturated rings. The van der Waals surface area contributed by atoms with Crippen LogP contribution < -0.4 is 17.2 Å². The summed E-state index contributed by atoms with van der Waals surface area (Å²) in [6, 6.07) is 0.260. The molecule has 0 heterocycles. The van der Waals surface area contributed by atoms with E-state index in [1.165, 1.54) is 19.3 Å². The molecule has 27 heavy (non-hydrogen) atoms. The summed E-state index contributed by atoms with van der Waals surface area (Å²) in [5.41, 5.74) is 19.2. The Labute approximate surface area is 171 Å². The Kier molecular flexibility index (Phi) is 9.09. The van der Waals surface area contributed by atoms with Gasteiger partial charge in [0.2, 0.25) is 0 Å². The SMILES string of the molecule is CC(N)CC(C)CC(C)(CC(C)(C)CC(C)(C)N)CC(C)(C)CC(C)(C)N. The molecule has 2 unspecified atom stereocenters. The van der Waals surface area contributed by atoms with Crippen molar-refractivity contribution in [2.75, 3.05) is 0 Å². The van der Waals surface area contributed by atoms with E-state index in [1.54, 1.807) is 0 Å². The summed E-state index contributed by atoms with van der Waals surface area (Å²) < 4.78 is 0. The van der Waals surface area contributed by atoms with Crippen molar-refractivity contribution < 1.29 is 0 Å². The van der Waals surface area contributed by atoms with Crippen LogP contribution in [0.2, 0.25) is 0 Å². The van der Waals surface area contributed by atoms with Crippen LogP contribution in [0, 0.1) is 22.2 Å². The van der Waals surface area contributed by atoms with Gasteiger partial charge in [0.05, 0.1) is 0 Å². The summed E-state index contributed by atoms with van der Waals surface area (Å²) in [4.78, 5) is 0. The van der Waals surface area contributed by atoms with Crippen LogP contribution in [0.3, 0.4) is 0 Å². The molecular weight excluding hydrogens is 330 g/mol. The maximum Gasteiger partial charge on any atom is 0.0102 e. The van der Waals surface area contributed by atoms with Crippen LogP contribution in [0.15, 0.2) is 0 Å². The second-order valence-electron chi connectivity index (χ2n) is 13.3. The predicted octanol–water partition coefficient (Wildman–Crippen LogP) is 5.84. The molecule has 0 aliphatic carbocycles. The molecule has 0 saturated carbocycles. The highest BCUT2D eigenvalue weighted by molar-refractivity contribution is 4.93. The summed E-state index contributed by atoms with van der Waals surface area (Å²) in [5.74, 6) is 0.623. The molecule has 0 aliphatic rings. The fourth-order valence-electron chi connectivity index (χ4n) is 6.67. The van der Waals surface area contributed by atoms with Crippen molar-refractivity contribution in [3.05, 3.63) is 0 Å². The molecule has 0 aromatic heterocycles. The van der Waals surface area contributed by atoms with Gasteiger partial charge < -0.3 is 17.2 Å². The second-order valence-corrected chi connectivity index (χ2v) is 13.3. The van der Waals surface area contributed by atoms with Crippen molar-refractivity contribution in [3.8, 4) is 0 Å². The third kappa shape index (κ3) is 13.7. The van der Waals surface area contributed by atoms with Crippen LogP contribution in [0.5, 0.6) is 0 Å². The zero-order chi connectivity index (χ0) is 21.9. The average Bonchev–Trinajstić information content (AvgIpc) is 2.14. The summed E-state index contributed by atoms with van der Waals surface area (Å²) >= 11 is 0. The van der Waals surface area contributed by atoms with E-state index < -0.39 is 0 Å². The van der Waals surface area contributed by atoms with E-state index in [0.29, 0.717) is 5.92 Å². The van der Waals surface area contributed by atoms with Gasteiger partial charge in [0.1, 0.15) is 0 Å². The summed E-state index contributed by atoms with van der Waals surface area (Å²) in [7, 11) is 0. The number of hydrogen-bond donors (Lipinski definition) is 3. The molecule has 0 aromatic carbocycles. The fourth-order valence-corrected chi connectivity index (χ4v) is 6.67. The Morgan fingerprint density at radius 2 is 0.963 bits per heavy atom. The minimum Gasteiger partial charge on any atom is -0.328 e. The van der Waals surface area contributed by atoms with E-state index in [0.717, 1.165) is 19.3 Å². The lowest BCUT2D eigenvalue weighted by Gasteiger charge is -2.46. The first-order valence-corrected chi connectivity index (χ1v) is 11.0. The Hall–Kier alpha value is -0.120. The first kappa shape index (κ1) is 26.9. The van der Waals surface area contributed by atoms with E-state index in [9.17, 15) is 0 Å². The topological polar surface area (TPSA) is 78.1 Å². The standard InChI is InChI=1S/C24H53N3/c1-18(12-19(2)25)13-24(11,16-20(3,4)14-22(7,8)26)17-21(5,6)15-23(9,10)27/h18-19H,12-17,25-27H2,1-11H3. The zero-order valence-corrected chi connectivity index (χ0v) is 20.6. The highest BCUT2D eigenvalue weighted by Gasteiger charge is 2.40. The zero-order valence-electron chi connectivity index (χ0n) is 20.6. The van der Waals surface area contributed by atoms with Crippen molar-refractivity contribution in [1.29, 1.82) is 0 Å². The predicted molar refractivity (Wildman–Crippen MR) is 123 cm³/mol. The van der Waals surface area contributed by atoms with Gasteiger partial charge in [-0.2, -0.15) is 0 Å². The van der Waals surface area contributed by atoms with Crippen LogP contribution in [0.4, 0.5) is 0 Å². The molecule has 3 nitrogen and oxygen atoms in total. The highest BCUT2D eigenvalue weighted by atomic mass is 14.7. The van der Waals surface area contributed by atoms with Crippen molar-refractivity contribution in [1.82, 2.24) is 0 Å². The van der Waals surface area contributed by atoms with Crippen LogP contribution in [-0.2, 0) is 0 Å². The normalized spacial score (nSPS) is 17.1. The quantitative estimate of drug-likeness (QED) is 0.396. The van der Waals surface area contributed by atoms with E-state index in [-0.39, 0.29) is 33.4 Å². The van der Waals surface area contributed by atoms with Gasteiger partial charge in [0.25, 0.3) is 0 Å². The number of hydrogen-bond acceptors (Lipinski definition) is 3. The molecule has 0 radical (unpaired) electrons. The number of rotatable bonds is 12. The van der Waals surface area contributed by atoms with Gasteiger partial charge in [0.15, 0.2) is 0 Å². The third-order valence-corrected chi connectivity index (χ3v) is 5.29. The summed E-state index contributed by atoms with van der Waals surface area (Å²) in [6.07, 6.45) is 6.70. The highest BCUT2D eigenvalue weighted by Crippen LogP contribution is 2.50. The lowest BCUT2D eigenvalue weighted by atomic mass is 9.60. The largest absolute Gasteiger partial charge is 0.328 e. The minimum atomic E-state index is -0.142. The first-order valence-electron chi connectivity index (χ1n) is 11.0. The molecule has 164 valence electrons. The van der Waals surface area contributed by atoms with Crippen LogP contribution in [-0.4, -0.2) is 17.1 Å². The first-order chi connectivity index (χ1) is 11.6. The molecule has 0 amide bonds. The molecule has 0 saturated heterocycles. The van der Waals surface area contributed by atoms with E-state index in [1.807, 2.05) is 0 Å². The number of nitrogens with two attached hydrogens (primary N) is 3. The second kappa shape index (κ2) is 9.13. The third-order valence-electron chi connectivity index (χ3n) is 5.29. The van der Waals surface area contributed by atoms with Gasteiger partial charge in [-0.15, -0.1) is 0 Å². The molecule has 0 aromatic rings. The smallest absolute Gasteiger partial charge is 0.0102 e. The van der Waals surface area contributed by atoms with Gasteiger partial charge in [-0.25, -0.2) is 0 Å². The lowest BCUT2D eigenvalue weighted by Crippen LogP contribution is -2.42. The Morgan fingerprint density at radius 1 is 0.630 bits per heavy atom. The Balaban J connectivity index is 5.54. The molecule has 6 N–H and O–H groups in total. The van der Waals surface area contributed by atoms with Gasteiger partial charge >= 0.3 is 0 Å². The van der Waals surface area contributed by atoms with Crippen LogP contribution in [0.1, 0.15) is 115 Å². The van der Waals surface area contributed by atoms with Crippen LogP contribution >= 0.6 is 0 Å². The van der Waals surface area contributed by atoms with Crippen molar-refractivity contribution in [2.45, 2.75) is 132 Å². The van der Waals surface area contributed by atoms with Gasteiger partial charge in [0, 0.05) is 17.1 Å². The Morgan fingerprint density at radius 3 is 1.22 bits per heavy atom. The van der Waals surface area contributed by atoms with Crippen molar-refractivity contribution in [2.24, 2.45) is 39.4 Å². The van der Waals surface area contributed by atoms with Crippen molar-refractivity contribution in [3.63, 3.8) is 0 Å². The Bertz CT molecular complexity index is 406. The lowest BCUT2D eigenvalue weighted by molar-refractivity contribution is 0.0582. The fraction of sp³-hybridized carbons (Fsp3) is 1.00. The summed E-state index contributed by atoms with van der Waals surface area (Å²) in [6.45, 7) is 25.1. The average molecular weight is 384 g/mol. The van der Waals surface area contributed by atoms with Crippen molar-refractivity contribution >= 4 is 0 Å². The monoisotopic (exact) mass is 383 g/mol. The van der Waals surface area contributed by atoms with E-state index in [2.05, 4.69) is 76.2 Å². The van der Waals surface area contributed by atoms with Gasteiger partial charge in [-0.1, -0.05) is 41.5 Å². The van der Waals surface area contributed by atoms with E-state index >= 15 is 0 Å². The molecule has 0 rings (SSSR count). The van der Waals surface area contributed by atoms with Gasteiger partial charge in [-0.05, 0) is 95.3 Å². The maximum absolute atomic E-state index is 6.39. The molecule has 3 heteroatoms.